The molecular formula is C11H10N2O4. The Bertz CT molecular complexity index is 526. The number of hydrogen-bond acceptors (Lipinski definition) is 3. The quantitative estimate of drug-likeness (QED) is 0.647. The molecule has 0 saturated carbocycles. The van der Waals surface area contributed by atoms with E-state index in [2.05, 4.69) is 10.6 Å². The predicted octanol–water partition coefficient (Wildman–Crippen LogP) is 0.439. The number of hydrogen-bond donors (Lipinski definition) is 3. The molecule has 6 heteroatoms. The minimum absolute atomic E-state index is 0.0673. The summed E-state index contributed by atoms with van der Waals surface area (Å²) in [5, 5.41) is 13.5. The molecule has 1 atom stereocenters. The molecule has 1 aliphatic heterocycles. The van der Waals surface area contributed by atoms with E-state index in [0.717, 1.165) is 0 Å². The number of rotatable bonds is 2. The summed E-state index contributed by atoms with van der Waals surface area (Å²) in [5.74, 6) is -1.58. The zero-order valence-corrected chi connectivity index (χ0v) is 8.98. The van der Waals surface area contributed by atoms with Crippen molar-refractivity contribution in [2.75, 3.05) is 0 Å². The van der Waals surface area contributed by atoms with E-state index in [1.165, 1.54) is 25.1 Å². The number of imide groups is 1. The number of carboxylic acids is 1. The van der Waals surface area contributed by atoms with Crippen molar-refractivity contribution in [2.45, 2.75) is 12.5 Å². The smallest absolute Gasteiger partial charge is 0.335 e. The van der Waals surface area contributed by atoms with Crippen molar-refractivity contribution in [3.63, 3.8) is 0 Å². The van der Waals surface area contributed by atoms with Gasteiger partial charge in [-0.2, -0.15) is 0 Å². The highest BCUT2D eigenvalue weighted by atomic mass is 16.4. The molecule has 88 valence electrons. The van der Waals surface area contributed by atoms with Crippen LogP contribution in [-0.2, 0) is 10.3 Å². The summed E-state index contributed by atoms with van der Waals surface area (Å²) in [4.78, 5) is 33.6. The highest BCUT2D eigenvalue weighted by Crippen LogP contribution is 2.24. The van der Waals surface area contributed by atoms with Gasteiger partial charge in [0, 0.05) is 0 Å². The molecule has 17 heavy (non-hydrogen) atoms. The average molecular weight is 234 g/mol. The number of benzene rings is 1. The lowest BCUT2D eigenvalue weighted by molar-refractivity contribution is -0.123. The van der Waals surface area contributed by atoms with E-state index in [0.29, 0.717) is 5.56 Å². The molecule has 1 saturated heterocycles. The van der Waals surface area contributed by atoms with E-state index in [9.17, 15) is 14.4 Å². The minimum atomic E-state index is -1.22. The largest absolute Gasteiger partial charge is 0.478 e. The lowest BCUT2D eigenvalue weighted by Gasteiger charge is -2.21. The Kier molecular flexibility index (Phi) is 2.35. The number of nitrogens with one attached hydrogen (secondary N) is 2. The average Bonchev–Trinajstić information content (AvgIpc) is 2.54. The molecule has 0 unspecified atom stereocenters. The number of carboxylic acid groups (broad SMARTS) is 1. The first kappa shape index (κ1) is 11.1. The summed E-state index contributed by atoms with van der Waals surface area (Å²) in [6, 6.07) is 5.33. The van der Waals surface area contributed by atoms with E-state index in [1.54, 1.807) is 6.07 Å². The van der Waals surface area contributed by atoms with Crippen LogP contribution in [0.1, 0.15) is 22.8 Å². The Morgan fingerprint density at radius 2 is 2.06 bits per heavy atom. The van der Waals surface area contributed by atoms with Crippen molar-refractivity contribution < 1.29 is 19.5 Å². The van der Waals surface area contributed by atoms with Gasteiger partial charge in [-0.1, -0.05) is 12.1 Å². The van der Waals surface area contributed by atoms with Crippen LogP contribution in [0.2, 0.25) is 0 Å². The van der Waals surface area contributed by atoms with Crippen LogP contribution in [0.4, 0.5) is 4.79 Å². The molecular weight excluding hydrogens is 224 g/mol. The third-order valence-electron chi connectivity index (χ3n) is 2.73. The fraction of sp³-hybridized carbons (Fsp3) is 0.182. The maximum Gasteiger partial charge on any atom is 0.335 e. The van der Waals surface area contributed by atoms with Crippen molar-refractivity contribution in [3.05, 3.63) is 35.4 Å². The van der Waals surface area contributed by atoms with Crippen molar-refractivity contribution in [3.8, 4) is 0 Å². The SMILES string of the molecule is C[C@@]1(c2cccc(C(=O)O)c2)NC(=O)NC1=O. The molecule has 0 aromatic heterocycles. The van der Waals surface area contributed by atoms with Crippen molar-refractivity contribution >= 4 is 17.9 Å². The Labute approximate surface area is 96.6 Å². The monoisotopic (exact) mass is 234 g/mol. The number of amides is 3. The molecule has 0 radical (unpaired) electrons. The van der Waals surface area contributed by atoms with Crippen LogP contribution in [-0.4, -0.2) is 23.0 Å². The van der Waals surface area contributed by atoms with E-state index in [-0.39, 0.29) is 5.56 Å². The van der Waals surface area contributed by atoms with Crippen LogP contribution in [0.25, 0.3) is 0 Å². The summed E-state index contributed by atoms with van der Waals surface area (Å²) in [6.07, 6.45) is 0. The van der Waals surface area contributed by atoms with Crippen LogP contribution < -0.4 is 10.6 Å². The number of urea groups is 1. The summed E-state index contributed by atoms with van der Waals surface area (Å²) < 4.78 is 0. The van der Waals surface area contributed by atoms with E-state index >= 15 is 0 Å². The lowest BCUT2D eigenvalue weighted by Crippen LogP contribution is -2.40. The number of carbonyl (C=O) groups excluding carboxylic acids is 2. The summed E-state index contributed by atoms with van der Waals surface area (Å²) >= 11 is 0. The van der Waals surface area contributed by atoms with Gasteiger partial charge in [-0.25, -0.2) is 9.59 Å². The summed E-state index contributed by atoms with van der Waals surface area (Å²) in [7, 11) is 0. The van der Waals surface area contributed by atoms with Crippen LogP contribution in [0.3, 0.4) is 0 Å². The van der Waals surface area contributed by atoms with Crippen molar-refractivity contribution in [1.82, 2.24) is 10.6 Å². The number of aromatic carboxylic acids is 1. The molecule has 1 aliphatic rings. The Hall–Kier alpha value is -2.37. The predicted molar refractivity (Wildman–Crippen MR) is 57.4 cm³/mol. The van der Waals surface area contributed by atoms with Gasteiger partial charge in [0.2, 0.25) is 0 Å². The molecule has 3 amide bonds. The molecule has 1 aromatic rings. The van der Waals surface area contributed by atoms with Gasteiger partial charge in [0.05, 0.1) is 5.56 Å². The molecule has 1 aromatic carbocycles. The molecule has 0 aliphatic carbocycles. The first-order chi connectivity index (χ1) is 7.93. The molecule has 1 fully saturated rings. The van der Waals surface area contributed by atoms with Gasteiger partial charge in [-0.3, -0.25) is 10.1 Å². The topological polar surface area (TPSA) is 95.5 Å². The molecule has 0 bridgehead atoms. The van der Waals surface area contributed by atoms with Gasteiger partial charge in [0.25, 0.3) is 5.91 Å². The Balaban J connectivity index is 2.47. The Morgan fingerprint density at radius 1 is 1.35 bits per heavy atom. The van der Waals surface area contributed by atoms with Crippen LogP contribution in [0.15, 0.2) is 24.3 Å². The second kappa shape index (κ2) is 3.58. The van der Waals surface area contributed by atoms with Gasteiger partial charge in [-0.05, 0) is 24.6 Å². The van der Waals surface area contributed by atoms with Gasteiger partial charge in [0.1, 0.15) is 5.54 Å². The fourth-order valence-electron chi connectivity index (χ4n) is 1.71. The first-order valence-electron chi connectivity index (χ1n) is 4.91. The highest BCUT2D eigenvalue weighted by Gasteiger charge is 2.43. The van der Waals surface area contributed by atoms with Crippen LogP contribution in [0, 0.1) is 0 Å². The Morgan fingerprint density at radius 3 is 2.59 bits per heavy atom. The van der Waals surface area contributed by atoms with Crippen LogP contribution in [0.5, 0.6) is 0 Å². The van der Waals surface area contributed by atoms with Gasteiger partial charge >= 0.3 is 12.0 Å². The van der Waals surface area contributed by atoms with E-state index < -0.39 is 23.4 Å². The maximum absolute atomic E-state index is 11.6. The molecule has 0 spiro atoms. The molecule has 1 heterocycles. The van der Waals surface area contributed by atoms with Gasteiger partial charge in [-0.15, -0.1) is 0 Å². The summed E-state index contributed by atoms with van der Waals surface area (Å²) in [6.45, 7) is 1.52. The second-order valence-corrected chi connectivity index (χ2v) is 3.92. The van der Waals surface area contributed by atoms with E-state index in [1.807, 2.05) is 0 Å². The number of carbonyl (C=O) groups is 3. The first-order valence-corrected chi connectivity index (χ1v) is 4.91. The maximum atomic E-state index is 11.6. The highest BCUT2D eigenvalue weighted by molar-refractivity contribution is 6.07. The van der Waals surface area contributed by atoms with Gasteiger partial charge < -0.3 is 10.4 Å². The third kappa shape index (κ3) is 1.73. The third-order valence-corrected chi connectivity index (χ3v) is 2.73. The van der Waals surface area contributed by atoms with Gasteiger partial charge in [0.15, 0.2) is 0 Å². The zero-order chi connectivity index (χ0) is 12.6. The van der Waals surface area contributed by atoms with E-state index in [4.69, 9.17) is 5.11 Å². The normalized spacial score (nSPS) is 23.1. The van der Waals surface area contributed by atoms with Crippen molar-refractivity contribution in [2.24, 2.45) is 0 Å². The molecule has 2 rings (SSSR count). The minimum Gasteiger partial charge on any atom is -0.478 e. The fourth-order valence-corrected chi connectivity index (χ4v) is 1.71. The zero-order valence-electron chi connectivity index (χ0n) is 8.98. The molecule has 3 N–H and O–H groups in total. The molecule has 6 nitrogen and oxygen atoms in total. The van der Waals surface area contributed by atoms with Crippen molar-refractivity contribution in [1.29, 1.82) is 0 Å². The van der Waals surface area contributed by atoms with Crippen LogP contribution >= 0.6 is 0 Å². The summed E-state index contributed by atoms with van der Waals surface area (Å²) in [5.41, 5.74) is -0.721. The lowest BCUT2D eigenvalue weighted by atomic mass is 9.91. The second-order valence-electron chi connectivity index (χ2n) is 3.92. The standard InChI is InChI=1S/C11H10N2O4/c1-11(9(16)12-10(17)13-11)7-4-2-3-6(5-7)8(14)15/h2-5H,1H3,(H,14,15)(H2,12,13,16,17)/t11-/m0/s1.